The molecule has 12 heteroatoms. The topological polar surface area (TPSA) is 151 Å². The Bertz CT molecular complexity index is 805. The molecule has 1 rings (SSSR count). The van der Waals surface area contributed by atoms with Crippen LogP contribution in [0.4, 0.5) is 0 Å². The summed E-state index contributed by atoms with van der Waals surface area (Å²) in [6.45, 7) is 7.17. The fourth-order valence-corrected chi connectivity index (χ4v) is 3.94. The quantitative estimate of drug-likeness (QED) is 0.235. The van der Waals surface area contributed by atoms with E-state index < -0.39 is 53.8 Å². The van der Waals surface area contributed by atoms with E-state index in [9.17, 15) is 28.8 Å². The Hall–Kier alpha value is -2.69. The third-order valence-corrected chi connectivity index (χ3v) is 5.93. The second-order valence-corrected chi connectivity index (χ2v) is 9.34. The van der Waals surface area contributed by atoms with Crippen LogP contribution in [0.1, 0.15) is 59.8 Å². The van der Waals surface area contributed by atoms with Gasteiger partial charge in [-0.05, 0) is 39.0 Å². The van der Waals surface area contributed by atoms with Gasteiger partial charge in [0.05, 0.1) is 25.5 Å². The van der Waals surface area contributed by atoms with Gasteiger partial charge in [0.1, 0.15) is 18.1 Å². The van der Waals surface area contributed by atoms with Crippen LogP contribution < -0.4 is 16.0 Å². The first-order chi connectivity index (χ1) is 16.4. The molecule has 2 unspecified atom stereocenters. The highest BCUT2D eigenvalue weighted by atomic mass is 35.5. The minimum absolute atomic E-state index is 0.105. The van der Waals surface area contributed by atoms with E-state index in [1.165, 1.54) is 25.9 Å². The van der Waals surface area contributed by atoms with Gasteiger partial charge in [-0.2, -0.15) is 0 Å². The maximum atomic E-state index is 12.9. The van der Waals surface area contributed by atoms with Crippen molar-refractivity contribution in [1.82, 2.24) is 20.9 Å². The predicted octanol–water partition coefficient (Wildman–Crippen LogP) is 0.279. The summed E-state index contributed by atoms with van der Waals surface area (Å²) in [6, 6.07) is -3.36. The molecule has 0 spiro atoms. The van der Waals surface area contributed by atoms with Crippen molar-refractivity contribution in [3.8, 4) is 0 Å². The van der Waals surface area contributed by atoms with E-state index in [1.54, 1.807) is 0 Å². The van der Waals surface area contributed by atoms with Gasteiger partial charge in [0.25, 0.3) is 0 Å². The van der Waals surface area contributed by atoms with Crippen molar-refractivity contribution in [1.29, 1.82) is 0 Å². The summed E-state index contributed by atoms with van der Waals surface area (Å²) in [5.41, 5.74) is 0. The number of halogens is 1. The molecular formula is C23H37ClN4O7. The number of hydrogen-bond acceptors (Lipinski definition) is 7. The van der Waals surface area contributed by atoms with Crippen molar-refractivity contribution in [2.75, 3.05) is 19.5 Å². The number of methoxy groups -OCH3 is 1. The standard InChI is InChI=1S/C23H37ClN4O7/c1-13(2)11-16(18(29)12-24)27-21(32)14(3)26-22(33)17-7-6-10-28(17)23(34)15(4)25-19(30)8-9-20(31)35-5/h13-17H,6-12H2,1-5H3,(H,25,30)(H,26,33)(H,27,32)/t14-,15+,16?,17?/m0/s1. The molecule has 1 aliphatic rings. The number of nitrogens with zero attached hydrogens (tertiary/aromatic N) is 1. The highest BCUT2D eigenvalue weighted by molar-refractivity contribution is 6.28. The number of ketones is 1. The molecular weight excluding hydrogens is 480 g/mol. The van der Waals surface area contributed by atoms with Crippen LogP contribution in [-0.4, -0.2) is 84.0 Å². The summed E-state index contributed by atoms with van der Waals surface area (Å²) >= 11 is 5.65. The number of carbonyl (C=O) groups is 6. The first kappa shape index (κ1) is 30.3. The molecule has 1 fully saturated rings. The van der Waals surface area contributed by atoms with Crippen LogP contribution in [0.2, 0.25) is 0 Å². The Labute approximate surface area is 211 Å². The maximum absolute atomic E-state index is 12.9. The van der Waals surface area contributed by atoms with Gasteiger partial charge in [0, 0.05) is 13.0 Å². The van der Waals surface area contributed by atoms with E-state index in [4.69, 9.17) is 11.6 Å². The zero-order valence-corrected chi connectivity index (χ0v) is 21.8. The highest BCUT2D eigenvalue weighted by Gasteiger charge is 2.37. The Morgan fingerprint density at radius 1 is 0.971 bits per heavy atom. The van der Waals surface area contributed by atoms with Gasteiger partial charge in [0.2, 0.25) is 23.6 Å². The number of Topliss-reactive ketones (excluding diaryl/α,β-unsaturated/α-hetero) is 1. The first-order valence-corrected chi connectivity index (χ1v) is 12.3. The molecule has 0 radical (unpaired) electrons. The second kappa shape index (κ2) is 14.7. The zero-order valence-electron chi connectivity index (χ0n) is 21.0. The van der Waals surface area contributed by atoms with E-state index in [-0.39, 0.29) is 30.4 Å². The Morgan fingerprint density at radius 3 is 2.20 bits per heavy atom. The van der Waals surface area contributed by atoms with Crippen LogP contribution >= 0.6 is 11.6 Å². The van der Waals surface area contributed by atoms with Crippen LogP contribution in [0, 0.1) is 5.92 Å². The Balaban J connectivity index is 2.69. The average molecular weight is 517 g/mol. The molecule has 4 atom stereocenters. The molecule has 1 saturated heterocycles. The lowest BCUT2D eigenvalue weighted by atomic mass is 10.0. The SMILES string of the molecule is COC(=O)CCC(=O)N[C@H](C)C(=O)N1CCCC1C(=O)N[C@@H](C)C(=O)NC(CC(C)C)C(=O)CCl. The number of carbonyl (C=O) groups excluding carboxylic acids is 6. The lowest BCUT2D eigenvalue weighted by molar-refractivity contribution is -0.143. The number of ether oxygens (including phenoxy) is 1. The lowest BCUT2D eigenvalue weighted by Gasteiger charge is -2.28. The number of amides is 4. The van der Waals surface area contributed by atoms with Crippen molar-refractivity contribution in [2.24, 2.45) is 5.92 Å². The fourth-order valence-electron chi connectivity index (χ4n) is 3.75. The van der Waals surface area contributed by atoms with Crippen molar-refractivity contribution in [3.63, 3.8) is 0 Å². The summed E-state index contributed by atoms with van der Waals surface area (Å²) in [7, 11) is 1.22. The molecule has 198 valence electrons. The molecule has 0 aliphatic carbocycles. The number of likely N-dealkylation sites (tertiary alicyclic amines) is 1. The van der Waals surface area contributed by atoms with Crippen LogP contribution in [0.5, 0.6) is 0 Å². The van der Waals surface area contributed by atoms with Crippen molar-refractivity contribution in [3.05, 3.63) is 0 Å². The molecule has 1 heterocycles. The average Bonchev–Trinajstić information content (AvgIpc) is 3.30. The Kier molecular flexibility index (Phi) is 12.7. The van der Waals surface area contributed by atoms with Gasteiger partial charge in [-0.1, -0.05) is 13.8 Å². The normalized spacial score (nSPS) is 17.8. The minimum atomic E-state index is -0.937. The molecule has 0 aromatic heterocycles. The van der Waals surface area contributed by atoms with Crippen molar-refractivity contribution >= 4 is 47.0 Å². The second-order valence-electron chi connectivity index (χ2n) is 9.08. The summed E-state index contributed by atoms with van der Waals surface area (Å²) in [6.07, 6.45) is 1.20. The number of nitrogens with one attached hydrogen (secondary N) is 3. The van der Waals surface area contributed by atoms with E-state index in [0.717, 1.165) is 0 Å². The fraction of sp³-hybridized carbons (Fsp3) is 0.739. The van der Waals surface area contributed by atoms with Crippen LogP contribution in [0.3, 0.4) is 0 Å². The van der Waals surface area contributed by atoms with Gasteiger partial charge in [-0.15, -0.1) is 11.6 Å². The highest BCUT2D eigenvalue weighted by Crippen LogP contribution is 2.19. The molecule has 0 bridgehead atoms. The number of alkyl halides is 1. The maximum Gasteiger partial charge on any atom is 0.306 e. The number of rotatable bonds is 13. The van der Waals surface area contributed by atoms with Crippen LogP contribution in [-0.2, 0) is 33.5 Å². The monoisotopic (exact) mass is 516 g/mol. The summed E-state index contributed by atoms with van der Waals surface area (Å²) in [5.74, 6) is -2.84. The van der Waals surface area contributed by atoms with Gasteiger partial charge >= 0.3 is 5.97 Å². The molecule has 3 N–H and O–H groups in total. The third kappa shape index (κ3) is 9.83. The van der Waals surface area contributed by atoms with Gasteiger partial charge in [-0.3, -0.25) is 28.8 Å². The molecule has 1 aliphatic heterocycles. The van der Waals surface area contributed by atoms with E-state index >= 15 is 0 Å². The molecule has 0 aromatic carbocycles. The van der Waals surface area contributed by atoms with Crippen molar-refractivity contribution in [2.45, 2.75) is 84.0 Å². The summed E-state index contributed by atoms with van der Waals surface area (Å²) in [5, 5.41) is 7.79. The molecule has 0 aromatic rings. The smallest absolute Gasteiger partial charge is 0.306 e. The molecule has 11 nitrogen and oxygen atoms in total. The largest absolute Gasteiger partial charge is 0.469 e. The summed E-state index contributed by atoms with van der Waals surface area (Å²) < 4.78 is 4.49. The van der Waals surface area contributed by atoms with Gasteiger partial charge in [0.15, 0.2) is 5.78 Å². The number of hydrogen-bond donors (Lipinski definition) is 3. The van der Waals surface area contributed by atoms with Crippen molar-refractivity contribution < 1.29 is 33.5 Å². The molecule has 0 saturated carbocycles. The predicted molar refractivity (Wildman–Crippen MR) is 128 cm³/mol. The lowest BCUT2D eigenvalue weighted by Crippen LogP contribution is -2.56. The number of esters is 1. The van der Waals surface area contributed by atoms with Crippen LogP contribution in [0.25, 0.3) is 0 Å². The first-order valence-electron chi connectivity index (χ1n) is 11.8. The van der Waals surface area contributed by atoms with Crippen LogP contribution in [0.15, 0.2) is 0 Å². The van der Waals surface area contributed by atoms with Gasteiger partial charge < -0.3 is 25.6 Å². The zero-order chi connectivity index (χ0) is 26.7. The molecule has 4 amide bonds. The Morgan fingerprint density at radius 2 is 1.63 bits per heavy atom. The third-order valence-electron chi connectivity index (χ3n) is 5.67. The summed E-state index contributed by atoms with van der Waals surface area (Å²) in [4.78, 5) is 75.0. The molecule has 35 heavy (non-hydrogen) atoms. The van der Waals surface area contributed by atoms with E-state index in [1.807, 2.05) is 13.8 Å². The van der Waals surface area contributed by atoms with E-state index in [2.05, 4.69) is 20.7 Å². The van der Waals surface area contributed by atoms with E-state index in [0.29, 0.717) is 25.8 Å². The van der Waals surface area contributed by atoms with Gasteiger partial charge in [-0.25, -0.2) is 0 Å². The minimum Gasteiger partial charge on any atom is -0.469 e.